The molecule has 0 aliphatic rings. The molecule has 0 fully saturated rings. The summed E-state index contributed by atoms with van der Waals surface area (Å²) in [4.78, 5) is 0. The van der Waals surface area contributed by atoms with Gasteiger partial charge in [0.2, 0.25) is 0 Å². The fraction of sp³-hybridized carbons (Fsp3) is 0.375. The summed E-state index contributed by atoms with van der Waals surface area (Å²) < 4.78 is 3.42. The van der Waals surface area contributed by atoms with Crippen molar-refractivity contribution in [2.24, 2.45) is 7.05 Å². The van der Waals surface area contributed by atoms with Gasteiger partial charge >= 0.3 is 0 Å². The van der Waals surface area contributed by atoms with Crippen molar-refractivity contribution in [2.75, 3.05) is 5.33 Å². The van der Waals surface area contributed by atoms with E-state index in [4.69, 9.17) is 0 Å². The molecule has 0 spiro atoms. The molecule has 2 heterocycles. The van der Waals surface area contributed by atoms with Crippen molar-refractivity contribution in [1.82, 2.24) is 24.8 Å². The second kappa shape index (κ2) is 3.91. The van der Waals surface area contributed by atoms with Crippen LogP contribution in [0.3, 0.4) is 0 Å². The number of hydrogen-bond acceptors (Lipinski definition) is 3. The monoisotopic (exact) mass is 255 g/mol. The Hall–Kier alpha value is -1.17. The molecule has 14 heavy (non-hydrogen) atoms. The highest BCUT2D eigenvalue weighted by Gasteiger charge is 2.03. The summed E-state index contributed by atoms with van der Waals surface area (Å²) in [5, 5.41) is 13.1. The topological polar surface area (TPSA) is 48.5 Å². The van der Waals surface area contributed by atoms with Gasteiger partial charge in [-0.2, -0.15) is 5.10 Å². The number of aromatic nitrogens is 5. The van der Waals surface area contributed by atoms with Crippen molar-refractivity contribution in [1.29, 1.82) is 0 Å². The fourth-order valence-electron chi connectivity index (χ4n) is 1.15. The van der Waals surface area contributed by atoms with Crippen molar-refractivity contribution in [3.05, 3.63) is 24.2 Å². The molecule has 0 aromatic carbocycles. The van der Waals surface area contributed by atoms with E-state index in [0.717, 1.165) is 23.3 Å². The molecule has 2 rings (SSSR count). The Morgan fingerprint density at radius 3 is 3.00 bits per heavy atom. The lowest BCUT2D eigenvalue weighted by Crippen LogP contribution is -1.97. The minimum atomic E-state index is 0.792. The van der Waals surface area contributed by atoms with E-state index in [1.165, 1.54) is 0 Å². The van der Waals surface area contributed by atoms with Crippen LogP contribution in [0.4, 0.5) is 0 Å². The van der Waals surface area contributed by atoms with E-state index >= 15 is 0 Å². The lowest BCUT2D eigenvalue weighted by atomic mass is 10.4. The van der Waals surface area contributed by atoms with Crippen LogP contribution < -0.4 is 0 Å². The average Bonchev–Trinajstić information content (AvgIpc) is 2.74. The van der Waals surface area contributed by atoms with E-state index in [9.17, 15) is 0 Å². The largest absolute Gasteiger partial charge is 0.274 e. The summed E-state index contributed by atoms with van der Waals surface area (Å²) >= 11 is 3.36. The molecule has 0 radical (unpaired) electrons. The molecule has 2 aromatic rings. The SMILES string of the molecule is Cn1ccc(-n2cc(CCBr)nn2)n1. The van der Waals surface area contributed by atoms with E-state index in [1.54, 1.807) is 9.36 Å². The Balaban J connectivity index is 2.24. The summed E-state index contributed by atoms with van der Waals surface area (Å²) in [5.41, 5.74) is 0.965. The van der Waals surface area contributed by atoms with Crippen LogP contribution in [-0.2, 0) is 13.5 Å². The highest BCUT2D eigenvalue weighted by atomic mass is 79.9. The summed E-state index contributed by atoms with van der Waals surface area (Å²) in [5.74, 6) is 0.792. The van der Waals surface area contributed by atoms with Crippen LogP contribution in [0.25, 0.3) is 5.82 Å². The molecule has 0 N–H and O–H groups in total. The average molecular weight is 256 g/mol. The maximum atomic E-state index is 4.22. The van der Waals surface area contributed by atoms with Crippen LogP contribution >= 0.6 is 15.9 Å². The number of halogens is 1. The third kappa shape index (κ3) is 1.84. The Labute approximate surface area is 89.9 Å². The third-order valence-electron chi connectivity index (χ3n) is 1.83. The third-order valence-corrected chi connectivity index (χ3v) is 2.22. The highest BCUT2D eigenvalue weighted by Crippen LogP contribution is 2.03. The van der Waals surface area contributed by atoms with Crippen LogP contribution in [0.1, 0.15) is 5.69 Å². The zero-order valence-electron chi connectivity index (χ0n) is 7.76. The predicted octanol–water partition coefficient (Wildman–Crippen LogP) is 0.938. The molecule has 0 aliphatic heterocycles. The van der Waals surface area contributed by atoms with Crippen molar-refractivity contribution in [3.63, 3.8) is 0 Å². The second-order valence-electron chi connectivity index (χ2n) is 2.94. The number of alkyl halides is 1. The molecule has 0 unspecified atom stereocenters. The van der Waals surface area contributed by atoms with Gasteiger partial charge in [0.25, 0.3) is 0 Å². The maximum absolute atomic E-state index is 4.22. The highest BCUT2D eigenvalue weighted by molar-refractivity contribution is 9.09. The van der Waals surface area contributed by atoms with Gasteiger partial charge < -0.3 is 0 Å². The van der Waals surface area contributed by atoms with Crippen LogP contribution in [0.5, 0.6) is 0 Å². The van der Waals surface area contributed by atoms with Gasteiger partial charge in [-0.15, -0.1) is 5.10 Å². The van der Waals surface area contributed by atoms with Gasteiger partial charge in [-0.25, -0.2) is 4.68 Å². The lowest BCUT2D eigenvalue weighted by molar-refractivity contribution is 0.714. The molecule has 0 atom stereocenters. The molecule has 6 heteroatoms. The van der Waals surface area contributed by atoms with E-state index in [0.29, 0.717) is 0 Å². The van der Waals surface area contributed by atoms with Gasteiger partial charge in [-0.1, -0.05) is 21.1 Å². The first-order valence-electron chi connectivity index (χ1n) is 4.27. The van der Waals surface area contributed by atoms with Crippen molar-refractivity contribution in [3.8, 4) is 5.82 Å². The Bertz CT molecular complexity index is 419. The normalized spacial score (nSPS) is 10.7. The van der Waals surface area contributed by atoms with E-state index in [2.05, 4.69) is 31.3 Å². The zero-order chi connectivity index (χ0) is 9.97. The van der Waals surface area contributed by atoms with E-state index < -0.39 is 0 Å². The Kier molecular flexibility index (Phi) is 2.62. The molecule has 0 bridgehead atoms. The van der Waals surface area contributed by atoms with Gasteiger partial charge in [0, 0.05) is 31.1 Å². The van der Waals surface area contributed by atoms with Crippen LogP contribution in [0, 0.1) is 0 Å². The molecule has 2 aromatic heterocycles. The molecule has 0 aliphatic carbocycles. The number of rotatable bonds is 3. The number of aryl methyl sites for hydroxylation is 2. The van der Waals surface area contributed by atoms with Crippen molar-refractivity contribution < 1.29 is 0 Å². The van der Waals surface area contributed by atoms with Crippen molar-refractivity contribution >= 4 is 15.9 Å². The molecular weight excluding hydrogens is 246 g/mol. The van der Waals surface area contributed by atoms with Gasteiger partial charge in [0.15, 0.2) is 5.82 Å². The molecular formula is C8H10BrN5. The van der Waals surface area contributed by atoms with Gasteiger partial charge in [-0.05, 0) is 0 Å². The van der Waals surface area contributed by atoms with Crippen LogP contribution in [0.15, 0.2) is 18.5 Å². The quantitative estimate of drug-likeness (QED) is 0.768. The maximum Gasteiger partial charge on any atom is 0.176 e. The second-order valence-corrected chi connectivity index (χ2v) is 3.73. The lowest BCUT2D eigenvalue weighted by Gasteiger charge is -1.91. The number of nitrogens with zero attached hydrogens (tertiary/aromatic N) is 5. The standard InChI is InChI=1S/C8H10BrN5/c1-13-5-3-8(11-13)14-6-7(2-4-9)10-12-14/h3,5-6H,2,4H2,1H3. The van der Waals surface area contributed by atoms with E-state index in [-0.39, 0.29) is 0 Å². The van der Waals surface area contributed by atoms with Crippen LogP contribution in [-0.4, -0.2) is 30.1 Å². The van der Waals surface area contributed by atoms with Crippen molar-refractivity contribution in [2.45, 2.75) is 6.42 Å². The predicted molar refractivity (Wildman–Crippen MR) is 55.6 cm³/mol. The first-order chi connectivity index (χ1) is 6.79. The first kappa shape index (κ1) is 9.39. The minimum absolute atomic E-state index is 0.792. The first-order valence-corrected chi connectivity index (χ1v) is 5.39. The molecule has 0 saturated heterocycles. The Morgan fingerprint density at radius 2 is 2.36 bits per heavy atom. The molecule has 5 nitrogen and oxygen atoms in total. The zero-order valence-corrected chi connectivity index (χ0v) is 9.35. The van der Waals surface area contributed by atoms with E-state index in [1.807, 2.05) is 25.5 Å². The summed E-state index contributed by atoms with van der Waals surface area (Å²) in [6.07, 6.45) is 4.65. The minimum Gasteiger partial charge on any atom is -0.274 e. The molecule has 74 valence electrons. The Morgan fingerprint density at radius 1 is 1.50 bits per heavy atom. The number of hydrogen-bond donors (Lipinski definition) is 0. The van der Waals surface area contributed by atoms with Gasteiger partial charge in [-0.3, -0.25) is 4.68 Å². The summed E-state index contributed by atoms with van der Waals surface area (Å²) in [7, 11) is 1.87. The molecule has 0 saturated carbocycles. The summed E-state index contributed by atoms with van der Waals surface area (Å²) in [6, 6.07) is 1.90. The fourth-order valence-corrected chi connectivity index (χ4v) is 1.55. The van der Waals surface area contributed by atoms with Crippen LogP contribution in [0.2, 0.25) is 0 Å². The smallest absolute Gasteiger partial charge is 0.176 e. The summed E-state index contributed by atoms with van der Waals surface area (Å²) in [6.45, 7) is 0. The molecule has 0 amide bonds. The van der Waals surface area contributed by atoms with Gasteiger partial charge in [0.1, 0.15) is 0 Å². The van der Waals surface area contributed by atoms with Gasteiger partial charge in [0.05, 0.1) is 11.9 Å².